The Labute approximate surface area is 141 Å². The van der Waals surface area contributed by atoms with Crippen molar-refractivity contribution in [3.63, 3.8) is 0 Å². The van der Waals surface area contributed by atoms with Crippen LogP contribution in [0.3, 0.4) is 0 Å². The summed E-state index contributed by atoms with van der Waals surface area (Å²) < 4.78 is 27.5. The van der Waals surface area contributed by atoms with E-state index in [-0.39, 0.29) is 17.3 Å². The highest BCUT2D eigenvalue weighted by Crippen LogP contribution is 2.23. The molecule has 1 fully saturated rings. The van der Waals surface area contributed by atoms with E-state index in [9.17, 15) is 13.2 Å². The summed E-state index contributed by atoms with van der Waals surface area (Å²) in [5.41, 5.74) is 3.63. The summed E-state index contributed by atoms with van der Waals surface area (Å²) in [6.45, 7) is 4.78. The van der Waals surface area contributed by atoms with E-state index in [0.29, 0.717) is 13.0 Å². The van der Waals surface area contributed by atoms with Gasteiger partial charge < -0.3 is 9.88 Å². The van der Waals surface area contributed by atoms with E-state index < -0.39 is 10.0 Å². The minimum atomic E-state index is -3.59. The Kier molecular flexibility index (Phi) is 4.47. The lowest BCUT2D eigenvalue weighted by atomic mass is 10.2. The molecule has 1 aliphatic rings. The summed E-state index contributed by atoms with van der Waals surface area (Å²) in [6.07, 6.45) is 1.40. The van der Waals surface area contributed by atoms with Crippen molar-refractivity contribution in [2.45, 2.75) is 38.1 Å². The molecule has 128 valence electrons. The van der Waals surface area contributed by atoms with Gasteiger partial charge in [-0.05, 0) is 56.2 Å². The number of hydrogen-bond acceptors (Lipinski definition) is 3. The second-order valence-corrected chi connectivity index (χ2v) is 7.84. The Bertz CT molecular complexity index is 854. The molecule has 2 N–H and O–H groups in total. The summed E-state index contributed by atoms with van der Waals surface area (Å²) in [5, 5.41) is 0. The molecule has 2 aromatic rings. The van der Waals surface area contributed by atoms with Crippen molar-refractivity contribution < 1.29 is 13.2 Å². The first-order valence-corrected chi connectivity index (χ1v) is 9.40. The average Bonchev–Trinajstić information content (AvgIpc) is 3.10. The number of carbonyl (C=O) groups is 1. The molecule has 1 saturated heterocycles. The Morgan fingerprint density at radius 3 is 2.46 bits per heavy atom. The molecule has 0 aliphatic carbocycles. The minimum Gasteiger partial charge on any atom is -0.362 e. The molecule has 1 aliphatic heterocycles. The minimum absolute atomic E-state index is 0.0852. The fraction of sp³-hybridized carbons (Fsp3) is 0.353. The van der Waals surface area contributed by atoms with Crippen molar-refractivity contribution >= 4 is 21.6 Å². The highest BCUT2D eigenvalue weighted by atomic mass is 32.2. The number of nitrogens with zero attached hydrogens (tertiary/aromatic N) is 1. The number of hydrogen-bond donors (Lipinski definition) is 2. The molecular formula is C17H21N3O3S. The molecule has 24 heavy (non-hydrogen) atoms. The molecule has 7 heteroatoms. The van der Waals surface area contributed by atoms with Crippen LogP contribution in [0.25, 0.3) is 0 Å². The zero-order chi connectivity index (χ0) is 17.3. The number of sulfonamides is 1. The van der Waals surface area contributed by atoms with Crippen LogP contribution >= 0.6 is 0 Å². The lowest BCUT2D eigenvalue weighted by Crippen LogP contribution is -2.25. The van der Waals surface area contributed by atoms with Crippen LogP contribution in [-0.4, -0.2) is 25.9 Å². The van der Waals surface area contributed by atoms with Gasteiger partial charge in [-0.3, -0.25) is 4.79 Å². The number of benzene rings is 1. The highest BCUT2D eigenvalue weighted by molar-refractivity contribution is 7.89. The standard InChI is InChI=1S/C17H21N3O3S/c1-12-10-14(13(2)19-12)11-18-24(22,23)16-7-5-15(6-8-16)20-9-3-4-17(20)21/h5-8,10,18-19H,3-4,9,11H2,1-2H3. The van der Waals surface area contributed by atoms with Crippen molar-refractivity contribution in [3.8, 4) is 0 Å². The number of nitrogens with one attached hydrogen (secondary N) is 2. The quantitative estimate of drug-likeness (QED) is 0.870. The predicted octanol–water partition coefficient (Wildman–Crippen LogP) is 2.24. The Balaban J connectivity index is 1.72. The molecule has 0 atom stereocenters. The molecule has 2 heterocycles. The summed E-state index contributed by atoms with van der Waals surface area (Å²) >= 11 is 0. The third-order valence-corrected chi connectivity index (χ3v) is 5.66. The molecule has 1 aromatic heterocycles. The van der Waals surface area contributed by atoms with Crippen LogP contribution in [0.1, 0.15) is 29.8 Å². The van der Waals surface area contributed by atoms with Gasteiger partial charge in [-0.15, -0.1) is 0 Å². The van der Waals surface area contributed by atoms with E-state index in [2.05, 4.69) is 9.71 Å². The van der Waals surface area contributed by atoms with E-state index in [4.69, 9.17) is 0 Å². The van der Waals surface area contributed by atoms with E-state index in [1.807, 2.05) is 19.9 Å². The first-order valence-electron chi connectivity index (χ1n) is 7.92. The van der Waals surface area contributed by atoms with Crippen LogP contribution in [0.15, 0.2) is 35.2 Å². The molecule has 0 unspecified atom stereocenters. The van der Waals surface area contributed by atoms with Gasteiger partial charge in [0.15, 0.2) is 0 Å². The van der Waals surface area contributed by atoms with Gasteiger partial charge >= 0.3 is 0 Å². The third-order valence-electron chi connectivity index (χ3n) is 4.24. The molecule has 1 amide bonds. The van der Waals surface area contributed by atoms with Gasteiger partial charge in [-0.2, -0.15) is 0 Å². The normalized spacial score (nSPS) is 15.2. The smallest absolute Gasteiger partial charge is 0.240 e. The largest absolute Gasteiger partial charge is 0.362 e. The number of anilines is 1. The number of rotatable bonds is 5. The van der Waals surface area contributed by atoms with Gasteiger partial charge in [0.1, 0.15) is 0 Å². The van der Waals surface area contributed by atoms with E-state index in [1.54, 1.807) is 29.2 Å². The van der Waals surface area contributed by atoms with Gasteiger partial charge in [-0.1, -0.05) is 0 Å². The summed E-state index contributed by atoms with van der Waals surface area (Å²) in [4.78, 5) is 16.8. The first-order chi connectivity index (χ1) is 11.4. The van der Waals surface area contributed by atoms with Gasteiger partial charge in [0.25, 0.3) is 0 Å². The third kappa shape index (κ3) is 3.37. The Morgan fingerprint density at radius 2 is 1.92 bits per heavy atom. The van der Waals surface area contributed by atoms with E-state index >= 15 is 0 Å². The number of aromatic amines is 1. The van der Waals surface area contributed by atoms with Crippen LogP contribution in [0.5, 0.6) is 0 Å². The lowest BCUT2D eigenvalue weighted by molar-refractivity contribution is -0.117. The van der Waals surface area contributed by atoms with Crippen LogP contribution in [0, 0.1) is 13.8 Å². The summed E-state index contributed by atoms with van der Waals surface area (Å²) in [7, 11) is -3.59. The van der Waals surface area contributed by atoms with Gasteiger partial charge in [0, 0.05) is 36.6 Å². The zero-order valence-electron chi connectivity index (χ0n) is 13.8. The topological polar surface area (TPSA) is 82.3 Å². The van der Waals surface area contributed by atoms with Crippen LogP contribution in [0.4, 0.5) is 5.69 Å². The predicted molar refractivity (Wildman–Crippen MR) is 92.3 cm³/mol. The van der Waals surface area contributed by atoms with Crippen LogP contribution in [-0.2, 0) is 21.4 Å². The van der Waals surface area contributed by atoms with Gasteiger partial charge in [0.2, 0.25) is 15.9 Å². The maximum atomic E-state index is 12.4. The summed E-state index contributed by atoms with van der Waals surface area (Å²) in [6, 6.07) is 8.38. The summed E-state index contributed by atoms with van der Waals surface area (Å²) in [5.74, 6) is 0.0852. The molecular weight excluding hydrogens is 326 g/mol. The molecule has 0 bridgehead atoms. The number of H-pyrrole nitrogens is 1. The first kappa shape index (κ1) is 16.7. The number of amides is 1. The van der Waals surface area contributed by atoms with Crippen molar-refractivity contribution in [2.75, 3.05) is 11.4 Å². The maximum absolute atomic E-state index is 12.4. The Hall–Kier alpha value is -2.12. The lowest BCUT2D eigenvalue weighted by Gasteiger charge is -2.16. The second kappa shape index (κ2) is 6.41. The molecule has 3 rings (SSSR count). The number of aromatic nitrogens is 1. The zero-order valence-corrected chi connectivity index (χ0v) is 14.6. The molecule has 0 spiro atoms. The van der Waals surface area contributed by atoms with Crippen molar-refractivity contribution in [1.82, 2.24) is 9.71 Å². The van der Waals surface area contributed by atoms with Crippen molar-refractivity contribution in [2.24, 2.45) is 0 Å². The van der Waals surface area contributed by atoms with Gasteiger partial charge in [0.05, 0.1) is 4.90 Å². The van der Waals surface area contributed by atoms with Crippen molar-refractivity contribution in [1.29, 1.82) is 0 Å². The maximum Gasteiger partial charge on any atom is 0.240 e. The Morgan fingerprint density at radius 1 is 1.21 bits per heavy atom. The van der Waals surface area contributed by atoms with E-state index in [0.717, 1.165) is 29.1 Å². The van der Waals surface area contributed by atoms with Crippen LogP contribution in [0.2, 0.25) is 0 Å². The monoisotopic (exact) mass is 347 g/mol. The van der Waals surface area contributed by atoms with E-state index in [1.165, 1.54) is 0 Å². The SMILES string of the molecule is Cc1cc(CNS(=O)(=O)c2ccc(N3CCCC3=O)cc2)c(C)[nH]1. The second-order valence-electron chi connectivity index (χ2n) is 6.07. The fourth-order valence-electron chi connectivity index (χ4n) is 2.95. The molecule has 0 radical (unpaired) electrons. The fourth-order valence-corrected chi connectivity index (χ4v) is 3.95. The molecule has 6 nitrogen and oxygen atoms in total. The van der Waals surface area contributed by atoms with Crippen molar-refractivity contribution in [3.05, 3.63) is 47.3 Å². The molecule has 1 aromatic carbocycles. The van der Waals surface area contributed by atoms with Gasteiger partial charge in [-0.25, -0.2) is 13.1 Å². The van der Waals surface area contributed by atoms with Crippen LogP contribution < -0.4 is 9.62 Å². The number of aryl methyl sites for hydroxylation is 2. The number of carbonyl (C=O) groups excluding carboxylic acids is 1. The average molecular weight is 347 g/mol. The highest BCUT2D eigenvalue weighted by Gasteiger charge is 2.22. The molecule has 0 saturated carbocycles.